The van der Waals surface area contributed by atoms with Crippen LogP contribution in [0.4, 0.5) is 4.79 Å². The lowest BCUT2D eigenvalue weighted by Crippen LogP contribution is -2.45. The molecule has 116 valence electrons. The summed E-state index contributed by atoms with van der Waals surface area (Å²) in [4.78, 5) is 28.6. The number of alkyl carbamates (subject to hydrolysis) is 1. The van der Waals surface area contributed by atoms with E-state index >= 15 is 0 Å². The van der Waals surface area contributed by atoms with Gasteiger partial charge in [-0.15, -0.1) is 0 Å². The zero-order valence-electron chi connectivity index (χ0n) is 12.0. The molecule has 0 aliphatic carbocycles. The van der Waals surface area contributed by atoms with Crippen LogP contribution in [0.15, 0.2) is 0 Å². The molecule has 0 spiro atoms. The Bertz CT molecular complexity index is 484. The Morgan fingerprint density at radius 3 is 2.70 bits per heavy atom. The monoisotopic (exact) mass is 324 g/mol. The summed E-state index contributed by atoms with van der Waals surface area (Å²) in [7, 11) is -2.35. The molecule has 7 nitrogen and oxygen atoms in total. The molecule has 2 amide bonds. The van der Waals surface area contributed by atoms with Gasteiger partial charge in [0, 0.05) is 20.5 Å². The van der Waals surface area contributed by atoms with E-state index in [1.807, 2.05) is 0 Å². The van der Waals surface area contributed by atoms with Crippen molar-refractivity contribution >= 4 is 31.7 Å². The van der Waals surface area contributed by atoms with Crippen molar-refractivity contribution < 1.29 is 23.4 Å². The minimum Gasteiger partial charge on any atom is -0.444 e. The first kappa shape index (κ1) is 17.1. The van der Waals surface area contributed by atoms with Gasteiger partial charge in [0.25, 0.3) is 5.91 Å². The highest BCUT2D eigenvalue weighted by atomic mass is 32.8. The van der Waals surface area contributed by atoms with Gasteiger partial charge in [-0.2, -0.15) is 0 Å². The van der Waals surface area contributed by atoms with Crippen molar-refractivity contribution in [1.29, 1.82) is 0 Å². The second-order valence-electron chi connectivity index (χ2n) is 5.56. The lowest BCUT2D eigenvalue weighted by molar-refractivity contribution is -0.160. The number of carbonyl (C=O) groups excluding carboxylic acids is 2. The van der Waals surface area contributed by atoms with Crippen LogP contribution in [0.25, 0.3) is 0 Å². The molecule has 20 heavy (non-hydrogen) atoms. The maximum absolute atomic E-state index is 11.9. The number of nitrogens with one attached hydrogen (secondary N) is 1. The molecule has 0 aromatic heterocycles. The van der Waals surface area contributed by atoms with Gasteiger partial charge >= 0.3 is 6.09 Å². The van der Waals surface area contributed by atoms with Crippen LogP contribution in [-0.2, 0) is 34.0 Å². The fourth-order valence-electron chi connectivity index (χ4n) is 1.45. The van der Waals surface area contributed by atoms with Crippen molar-refractivity contribution in [3.8, 4) is 0 Å². The van der Waals surface area contributed by atoms with Crippen molar-refractivity contribution in [3.63, 3.8) is 0 Å². The Kier molecular flexibility index (Phi) is 5.33. The zero-order valence-corrected chi connectivity index (χ0v) is 13.6. The molecule has 0 aromatic rings. The number of hydrogen-bond donors (Lipinski definition) is 1. The van der Waals surface area contributed by atoms with E-state index in [9.17, 15) is 13.8 Å². The van der Waals surface area contributed by atoms with E-state index in [0.717, 1.165) is 5.06 Å². The quantitative estimate of drug-likeness (QED) is 0.785. The van der Waals surface area contributed by atoms with Crippen LogP contribution in [-0.4, -0.2) is 58.1 Å². The fourth-order valence-corrected chi connectivity index (χ4v) is 2.17. The van der Waals surface area contributed by atoms with Crippen LogP contribution < -0.4 is 5.32 Å². The summed E-state index contributed by atoms with van der Waals surface area (Å²) in [5, 5.41) is 3.52. The number of carbonyl (C=O) groups is 2. The van der Waals surface area contributed by atoms with Gasteiger partial charge < -0.3 is 10.1 Å². The van der Waals surface area contributed by atoms with Gasteiger partial charge in [-0.3, -0.25) is 13.8 Å². The minimum atomic E-state index is -2.35. The van der Waals surface area contributed by atoms with Gasteiger partial charge in [-0.05, 0) is 32.0 Å². The summed E-state index contributed by atoms with van der Waals surface area (Å²) in [5.41, 5.74) is -0.637. The molecule has 1 rings (SSSR count). The molecule has 0 saturated carbocycles. The van der Waals surface area contributed by atoms with Crippen molar-refractivity contribution in [2.45, 2.75) is 32.4 Å². The molecular formula is C11H20N2O5S2. The maximum atomic E-state index is 11.9. The van der Waals surface area contributed by atoms with Crippen LogP contribution in [0.2, 0.25) is 0 Å². The lowest BCUT2D eigenvalue weighted by atomic mass is 10.2. The van der Waals surface area contributed by atoms with Crippen LogP contribution in [0.5, 0.6) is 0 Å². The van der Waals surface area contributed by atoms with Crippen LogP contribution >= 0.6 is 0 Å². The van der Waals surface area contributed by atoms with E-state index < -0.39 is 32.1 Å². The Labute approximate surface area is 123 Å². The van der Waals surface area contributed by atoms with Crippen molar-refractivity contribution in [3.05, 3.63) is 0 Å². The van der Waals surface area contributed by atoms with E-state index in [0.29, 0.717) is 0 Å². The number of amides is 2. The number of hydroxylamine groups is 2. The molecule has 9 heteroatoms. The topological polar surface area (TPSA) is 84.9 Å². The third-order valence-electron chi connectivity index (χ3n) is 2.30. The highest BCUT2D eigenvalue weighted by Gasteiger charge is 2.35. The van der Waals surface area contributed by atoms with Crippen LogP contribution in [0.3, 0.4) is 0 Å². The summed E-state index contributed by atoms with van der Waals surface area (Å²) in [6, 6.07) is -0.789. The number of nitrogens with zero attached hydrogens (tertiary/aromatic N) is 1. The summed E-state index contributed by atoms with van der Waals surface area (Å²) in [6.45, 7) is 5.36. The maximum Gasteiger partial charge on any atom is 0.408 e. The second-order valence-corrected chi connectivity index (χ2v) is 9.94. The van der Waals surface area contributed by atoms with Crippen molar-refractivity contribution in [2.24, 2.45) is 0 Å². The predicted molar refractivity (Wildman–Crippen MR) is 77.1 cm³/mol. The van der Waals surface area contributed by atoms with E-state index in [1.165, 1.54) is 6.26 Å². The third-order valence-corrected chi connectivity index (χ3v) is 3.72. The first-order chi connectivity index (χ1) is 8.98. The van der Waals surface area contributed by atoms with E-state index in [-0.39, 0.29) is 18.9 Å². The van der Waals surface area contributed by atoms with Gasteiger partial charge in [0.1, 0.15) is 18.2 Å². The highest BCUT2D eigenvalue weighted by Crippen LogP contribution is 2.11. The van der Waals surface area contributed by atoms with Crippen molar-refractivity contribution in [1.82, 2.24) is 10.4 Å². The van der Waals surface area contributed by atoms with Crippen LogP contribution in [0.1, 0.15) is 20.8 Å². The summed E-state index contributed by atoms with van der Waals surface area (Å²) < 4.78 is 16.5. The smallest absolute Gasteiger partial charge is 0.408 e. The molecule has 0 bridgehead atoms. The lowest BCUT2D eigenvalue weighted by Gasteiger charge is -2.20. The highest BCUT2D eigenvalue weighted by molar-refractivity contribution is 8.32. The van der Waals surface area contributed by atoms with Gasteiger partial charge in [-0.1, -0.05) is 0 Å². The van der Waals surface area contributed by atoms with Gasteiger partial charge in [0.2, 0.25) is 0 Å². The second kappa shape index (κ2) is 6.23. The zero-order chi connectivity index (χ0) is 15.6. The van der Waals surface area contributed by atoms with E-state index in [2.05, 4.69) is 5.32 Å². The number of rotatable bonds is 4. The largest absolute Gasteiger partial charge is 0.444 e. The average Bonchev–Trinajstić information content (AvgIpc) is 2.54. The standard InChI is InChI=1S/C11H20N2O5S2/c1-11(2,3)18-10(15)12-8-7-17-13(9(8)14)5-6-20(4,16)19/h8H,5-7H2,1-4H3,(H,12,15)/t8-,20?/m1/s1. The molecule has 1 unspecified atom stereocenters. The molecule has 1 heterocycles. The molecule has 0 radical (unpaired) electrons. The van der Waals surface area contributed by atoms with Gasteiger partial charge in [0.05, 0.1) is 6.54 Å². The molecular weight excluding hydrogens is 304 g/mol. The first-order valence-electron chi connectivity index (χ1n) is 6.09. The average molecular weight is 324 g/mol. The predicted octanol–water partition coefficient (Wildman–Crippen LogP) is 0.0296. The number of ether oxygens (including phenoxy) is 1. The summed E-state index contributed by atoms with van der Waals surface area (Å²) in [6.07, 6.45) is 0.767. The Hall–Kier alpha value is -0.930. The van der Waals surface area contributed by atoms with Crippen molar-refractivity contribution in [2.75, 3.05) is 25.2 Å². The minimum absolute atomic E-state index is 0.0282. The van der Waals surface area contributed by atoms with Gasteiger partial charge in [-0.25, -0.2) is 9.86 Å². The molecule has 1 saturated heterocycles. The summed E-state index contributed by atoms with van der Waals surface area (Å²) in [5.74, 6) is -0.220. The first-order valence-corrected chi connectivity index (χ1v) is 9.15. The molecule has 1 aliphatic rings. The van der Waals surface area contributed by atoms with Gasteiger partial charge in [0.15, 0.2) is 0 Å². The third kappa shape index (κ3) is 6.02. The Balaban J connectivity index is 2.48. The van der Waals surface area contributed by atoms with Crippen LogP contribution in [0, 0.1) is 0 Å². The van der Waals surface area contributed by atoms with E-state index in [4.69, 9.17) is 20.8 Å². The molecule has 1 N–H and O–H groups in total. The Morgan fingerprint density at radius 1 is 1.60 bits per heavy atom. The fraction of sp³-hybridized carbons (Fsp3) is 0.818. The molecule has 0 aromatic carbocycles. The number of hydrogen-bond acceptors (Lipinski definition) is 6. The SMILES string of the molecule is CC(C)(C)OC(=O)N[C@@H]1CON(CCS(C)(=O)=S)C1=O. The summed E-state index contributed by atoms with van der Waals surface area (Å²) >= 11 is 4.76. The van der Waals surface area contributed by atoms with E-state index in [1.54, 1.807) is 20.8 Å². The molecule has 1 fully saturated rings. The molecule has 2 atom stereocenters. The molecule has 1 aliphatic heterocycles. The Morgan fingerprint density at radius 2 is 2.20 bits per heavy atom. The normalized spacial score (nSPS) is 22.5.